The number of fused-ring (bicyclic) bond motifs is 1. The highest BCUT2D eigenvalue weighted by atomic mass is 35.5. The van der Waals surface area contributed by atoms with Crippen LogP contribution in [0.1, 0.15) is 37.6 Å². The molecule has 4 aromatic rings. The number of nitrogens with zero attached hydrogens (tertiary/aromatic N) is 2. The molecule has 0 aliphatic heterocycles. The van der Waals surface area contributed by atoms with Crippen LogP contribution in [-0.2, 0) is 23.2 Å². The Labute approximate surface area is 200 Å². The molecule has 0 spiro atoms. The highest BCUT2D eigenvalue weighted by Crippen LogP contribution is 2.29. The third-order valence-corrected chi connectivity index (χ3v) is 6.53. The molecule has 2 aromatic heterocycles. The van der Waals surface area contributed by atoms with E-state index in [9.17, 15) is 9.18 Å². The summed E-state index contributed by atoms with van der Waals surface area (Å²) in [5.74, 6) is -0.547. The fourth-order valence-corrected chi connectivity index (χ4v) is 4.83. The molecule has 0 aliphatic carbocycles. The van der Waals surface area contributed by atoms with Crippen LogP contribution in [0.25, 0.3) is 10.9 Å². The van der Waals surface area contributed by atoms with Crippen LogP contribution in [0.3, 0.4) is 0 Å². The highest BCUT2D eigenvalue weighted by molar-refractivity contribution is 7.13. The second-order valence-corrected chi connectivity index (χ2v) is 10.4. The van der Waals surface area contributed by atoms with Gasteiger partial charge in [0.1, 0.15) is 5.82 Å². The molecule has 0 atom stereocenters. The maximum atomic E-state index is 14.4. The number of nitrogens with one attached hydrogen (secondary N) is 1. The number of benzene rings is 2. The van der Waals surface area contributed by atoms with Gasteiger partial charge in [0.2, 0.25) is 5.91 Å². The molecule has 1 amide bonds. The first-order valence-corrected chi connectivity index (χ1v) is 11.7. The van der Waals surface area contributed by atoms with Gasteiger partial charge in [-0.2, -0.15) is 0 Å². The van der Waals surface area contributed by atoms with Gasteiger partial charge in [-0.3, -0.25) is 4.79 Å². The van der Waals surface area contributed by atoms with Gasteiger partial charge in [0, 0.05) is 43.5 Å². The average Bonchev–Trinajstić information content (AvgIpc) is 3.30. The number of amides is 1. The van der Waals surface area contributed by atoms with Gasteiger partial charge < -0.3 is 9.88 Å². The van der Waals surface area contributed by atoms with E-state index < -0.39 is 0 Å². The number of hydrogen-bond donors (Lipinski definition) is 1. The molecule has 0 unspecified atom stereocenters. The van der Waals surface area contributed by atoms with E-state index in [2.05, 4.69) is 31.1 Å². The zero-order valence-electron chi connectivity index (χ0n) is 17.9. The Kier molecular flexibility index (Phi) is 6.30. The predicted octanol–water partition coefficient (Wildman–Crippen LogP) is 7.07. The van der Waals surface area contributed by atoms with Crippen molar-refractivity contribution in [2.75, 3.05) is 5.32 Å². The molecule has 2 heterocycles. The van der Waals surface area contributed by atoms with Crippen molar-refractivity contribution in [3.63, 3.8) is 0 Å². The summed E-state index contributed by atoms with van der Waals surface area (Å²) in [7, 11) is 0. The molecule has 1 N–H and O–H groups in total. The maximum Gasteiger partial charge on any atom is 0.230 e. The van der Waals surface area contributed by atoms with E-state index in [-0.39, 0.29) is 30.1 Å². The molecular weight excluding hydrogens is 468 g/mol. The Morgan fingerprint density at radius 2 is 2.00 bits per heavy atom. The Bertz CT molecular complexity index is 1290. The standard InChI is InChI=1S/C24H22Cl2FN3OS/c1-24(2,3)21-13-32-23(28-21)29-22(31)9-14-11-30(20-8-7-15(25)10-16(14)20)12-17-18(26)5-4-6-19(17)27/h4-8,10-11,13H,9,12H2,1-3H3,(H,28,29,31). The molecule has 2 aromatic carbocycles. The van der Waals surface area contributed by atoms with Crippen LogP contribution < -0.4 is 5.32 Å². The quantitative estimate of drug-likeness (QED) is 0.325. The lowest BCUT2D eigenvalue weighted by Crippen LogP contribution is -2.15. The molecule has 0 bridgehead atoms. The first-order chi connectivity index (χ1) is 15.1. The van der Waals surface area contributed by atoms with Gasteiger partial charge in [-0.15, -0.1) is 11.3 Å². The van der Waals surface area contributed by atoms with E-state index in [1.54, 1.807) is 18.2 Å². The minimum absolute atomic E-state index is 0.0857. The number of thiazole rings is 1. The van der Waals surface area contributed by atoms with Crippen molar-refractivity contribution < 1.29 is 9.18 Å². The lowest BCUT2D eigenvalue weighted by molar-refractivity contribution is -0.115. The number of halogens is 3. The lowest BCUT2D eigenvalue weighted by atomic mass is 9.93. The molecular formula is C24H22Cl2FN3OS. The molecule has 166 valence electrons. The van der Waals surface area contributed by atoms with Crippen LogP contribution in [0, 0.1) is 5.82 Å². The summed E-state index contributed by atoms with van der Waals surface area (Å²) in [6, 6.07) is 10.1. The predicted molar refractivity (Wildman–Crippen MR) is 131 cm³/mol. The van der Waals surface area contributed by atoms with Crippen molar-refractivity contribution in [3.8, 4) is 0 Å². The number of carbonyl (C=O) groups is 1. The summed E-state index contributed by atoms with van der Waals surface area (Å²) in [6.45, 7) is 6.48. The zero-order valence-corrected chi connectivity index (χ0v) is 20.2. The number of carbonyl (C=O) groups excluding carboxylic acids is 1. The first kappa shape index (κ1) is 22.8. The smallest absolute Gasteiger partial charge is 0.230 e. The summed E-state index contributed by atoms with van der Waals surface area (Å²) in [4.78, 5) is 17.3. The summed E-state index contributed by atoms with van der Waals surface area (Å²) in [5, 5.41) is 7.18. The van der Waals surface area contributed by atoms with E-state index in [4.69, 9.17) is 23.2 Å². The lowest BCUT2D eigenvalue weighted by Gasteiger charge is -2.14. The van der Waals surface area contributed by atoms with Crippen LogP contribution in [-0.4, -0.2) is 15.5 Å². The second kappa shape index (κ2) is 8.85. The fourth-order valence-electron chi connectivity index (χ4n) is 3.48. The normalized spacial score (nSPS) is 11.8. The maximum absolute atomic E-state index is 14.4. The Morgan fingerprint density at radius 1 is 1.22 bits per heavy atom. The largest absolute Gasteiger partial charge is 0.343 e. The number of aromatic nitrogens is 2. The summed E-state index contributed by atoms with van der Waals surface area (Å²) in [5.41, 5.74) is 2.88. The van der Waals surface area contributed by atoms with Gasteiger partial charge in [0.05, 0.1) is 18.7 Å². The zero-order chi connectivity index (χ0) is 23.0. The number of anilines is 1. The van der Waals surface area contributed by atoms with Crippen molar-refractivity contribution in [2.45, 2.75) is 39.2 Å². The van der Waals surface area contributed by atoms with Gasteiger partial charge in [0.25, 0.3) is 0 Å². The van der Waals surface area contributed by atoms with Crippen molar-refractivity contribution in [1.82, 2.24) is 9.55 Å². The van der Waals surface area contributed by atoms with Gasteiger partial charge in [-0.05, 0) is 35.9 Å². The Hall–Kier alpha value is -2.41. The topological polar surface area (TPSA) is 46.9 Å². The van der Waals surface area contributed by atoms with Crippen molar-refractivity contribution in [2.24, 2.45) is 0 Å². The molecule has 8 heteroatoms. The van der Waals surface area contributed by atoms with E-state index in [0.717, 1.165) is 22.2 Å². The number of rotatable bonds is 5. The Morgan fingerprint density at radius 3 is 2.69 bits per heavy atom. The average molecular weight is 490 g/mol. The molecule has 0 saturated heterocycles. The van der Waals surface area contributed by atoms with E-state index in [1.807, 2.05) is 28.3 Å². The minimum atomic E-state index is -0.369. The summed E-state index contributed by atoms with van der Waals surface area (Å²) < 4.78 is 16.2. The third kappa shape index (κ3) is 4.82. The van der Waals surface area contributed by atoms with Crippen LogP contribution >= 0.6 is 34.5 Å². The molecule has 32 heavy (non-hydrogen) atoms. The van der Waals surface area contributed by atoms with Gasteiger partial charge in [0.15, 0.2) is 5.13 Å². The fraction of sp³-hybridized carbons (Fsp3) is 0.250. The van der Waals surface area contributed by atoms with Gasteiger partial charge >= 0.3 is 0 Å². The van der Waals surface area contributed by atoms with Crippen molar-refractivity contribution in [3.05, 3.63) is 80.7 Å². The van der Waals surface area contributed by atoms with E-state index >= 15 is 0 Å². The molecule has 4 rings (SSSR count). The molecule has 0 fully saturated rings. The molecule has 0 saturated carbocycles. The highest BCUT2D eigenvalue weighted by Gasteiger charge is 2.19. The first-order valence-electron chi connectivity index (χ1n) is 10.1. The third-order valence-electron chi connectivity index (χ3n) is 5.19. The van der Waals surface area contributed by atoms with Crippen molar-refractivity contribution in [1.29, 1.82) is 0 Å². The second-order valence-electron chi connectivity index (χ2n) is 8.66. The van der Waals surface area contributed by atoms with Crippen LogP contribution in [0.2, 0.25) is 10.0 Å². The van der Waals surface area contributed by atoms with Gasteiger partial charge in [-0.1, -0.05) is 50.0 Å². The van der Waals surface area contributed by atoms with Gasteiger partial charge in [-0.25, -0.2) is 9.37 Å². The van der Waals surface area contributed by atoms with Crippen LogP contribution in [0.4, 0.5) is 9.52 Å². The van der Waals surface area contributed by atoms with Crippen LogP contribution in [0.5, 0.6) is 0 Å². The molecule has 0 radical (unpaired) electrons. The van der Waals surface area contributed by atoms with Crippen molar-refractivity contribution >= 4 is 56.5 Å². The monoisotopic (exact) mass is 489 g/mol. The molecule has 4 nitrogen and oxygen atoms in total. The van der Waals surface area contributed by atoms with E-state index in [0.29, 0.717) is 20.7 Å². The summed E-state index contributed by atoms with van der Waals surface area (Å²) >= 11 is 13.9. The number of hydrogen-bond acceptors (Lipinski definition) is 3. The van der Waals surface area contributed by atoms with E-state index in [1.165, 1.54) is 17.4 Å². The van der Waals surface area contributed by atoms with Crippen LogP contribution in [0.15, 0.2) is 48.0 Å². The minimum Gasteiger partial charge on any atom is -0.343 e. The SMILES string of the molecule is CC(C)(C)c1csc(NC(=O)Cc2cn(Cc3c(F)cccc3Cl)c3ccc(Cl)cc23)n1. The molecule has 0 aliphatic rings. The summed E-state index contributed by atoms with van der Waals surface area (Å²) in [6.07, 6.45) is 1.99. The Balaban J connectivity index is 1.62.